The molecule has 3 rings (SSSR count). The van der Waals surface area contributed by atoms with Crippen LogP contribution in [0.2, 0.25) is 0 Å². The molecule has 0 fully saturated rings. The standard InChI is InChI=1S/C19H17N4O2/c1-12-3-5-13(6-4-12)16-11-21-18(20)17(23-16)19(24)22-14-7-9-15(25-2)10-8-14/h3-11H,2H2,1H3,(H2,20,21)(H,22,24). The van der Waals surface area contributed by atoms with E-state index in [-0.39, 0.29) is 11.5 Å². The normalized spacial score (nSPS) is 10.3. The van der Waals surface area contributed by atoms with Crippen molar-refractivity contribution >= 4 is 17.4 Å². The second kappa shape index (κ2) is 7.00. The average Bonchev–Trinajstić information content (AvgIpc) is 2.63. The molecule has 6 heteroatoms. The third kappa shape index (κ3) is 3.74. The van der Waals surface area contributed by atoms with Crippen LogP contribution in [0, 0.1) is 14.0 Å². The zero-order valence-corrected chi connectivity index (χ0v) is 13.7. The number of ether oxygens (including phenoxy) is 1. The fraction of sp³-hybridized carbons (Fsp3) is 0.0526. The highest BCUT2D eigenvalue weighted by molar-refractivity contribution is 6.06. The van der Waals surface area contributed by atoms with Gasteiger partial charge in [0, 0.05) is 11.3 Å². The topological polar surface area (TPSA) is 90.1 Å². The van der Waals surface area contributed by atoms with Gasteiger partial charge in [-0.3, -0.25) is 4.79 Å². The molecular formula is C19H17N4O2. The Morgan fingerprint density at radius 1 is 1.12 bits per heavy atom. The lowest BCUT2D eigenvalue weighted by molar-refractivity contribution is 0.102. The number of aryl methyl sites for hydroxylation is 1. The van der Waals surface area contributed by atoms with Crippen molar-refractivity contribution in [3.8, 4) is 17.0 Å². The highest BCUT2D eigenvalue weighted by Crippen LogP contribution is 2.20. The first-order valence-corrected chi connectivity index (χ1v) is 7.60. The fourth-order valence-corrected chi connectivity index (χ4v) is 2.25. The predicted octanol–water partition coefficient (Wildman–Crippen LogP) is 3.46. The first-order valence-electron chi connectivity index (χ1n) is 7.60. The molecule has 2 aromatic carbocycles. The van der Waals surface area contributed by atoms with Crippen LogP contribution in [-0.2, 0) is 0 Å². The molecule has 3 N–H and O–H groups in total. The van der Waals surface area contributed by atoms with Crippen LogP contribution in [0.4, 0.5) is 11.5 Å². The Balaban J connectivity index is 1.86. The zero-order valence-electron chi connectivity index (χ0n) is 13.7. The van der Waals surface area contributed by atoms with Gasteiger partial charge in [-0.05, 0) is 31.2 Å². The molecule has 1 amide bonds. The molecule has 1 heterocycles. The van der Waals surface area contributed by atoms with Gasteiger partial charge in [0.05, 0.1) is 11.9 Å². The maximum atomic E-state index is 12.5. The van der Waals surface area contributed by atoms with Gasteiger partial charge in [0.25, 0.3) is 5.91 Å². The number of carbonyl (C=O) groups is 1. The predicted molar refractivity (Wildman–Crippen MR) is 97.0 cm³/mol. The van der Waals surface area contributed by atoms with Gasteiger partial charge in [0.2, 0.25) is 0 Å². The summed E-state index contributed by atoms with van der Waals surface area (Å²) in [6.45, 7) is 2.00. The van der Waals surface area contributed by atoms with E-state index in [9.17, 15) is 4.79 Å². The Labute approximate surface area is 145 Å². The van der Waals surface area contributed by atoms with Crippen molar-refractivity contribution in [2.45, 2.75) is 6.92 Å². The monoisotopic (exact) mass is 333 g/mol. The Morgan fingerprint density at radius 2 is 1.80 bits per heavy atom. The van der Waals surface area contributed by atoms with E-state index in [1.807, 2.05) is 31.2 Å². The first-order chi connectivity index (χ1) is 12.1. The first kappa shape index (κ1) is 16.4. The molecule has 1 radical (unpaired) electrons. The largest absolute Gasteiger partial charge is 0.490 e. The quantitative estimate of drug-likeness (QED) is 0.763. The van der Waals surface area contributed by atoms with Gasteiger partial charge in [-0.2, -0.15) is 0 Å². The molecule has 3 aromatic rings. The van der Waals surface area contributed by atoms with Gasteiger partial charge in [-0.1, -0.05) is 29.8 Å². The van der Waals surface area contributed by atoms with E-state index in [2.05, 4.69) is 22.4 Å². The summed E-state index contributed by atoms with van der Waals surface area (Å²) in [7, 11) is 3.33. The minimum Gasteiger partial charge on any atom is -0.490 e. The minimum absolute atomic E-state index is 0.0751. The molecule has 0 spiro atoms. The van der Waals surface area contributed by atoms with Crippen molar-refractivity contribution in [3.63, 3.8) is 0 Å². The van der Waals surface area contributed by atoms with Crippen molar-refractivity contribution < 1.29 is 9.53 Å². The van der Waals surface area contributed by atoms with Crippen LogP contribution in [0.15, 0.2) is 54.7 Å². The summed E-state index contributed by atoms with van der Waals surface area (Å²) >= 11 is 0. The van der Waals surface area contributed by atoms with Crippen molar-refractivity contribution in [1.29, 1.82) is 0 Å². The SMILES string of the molecule is [CH2]Oc1ccc(NC(=O)c2nc(-c3ccc(C)cc3)cnc2N)cc1. The van der Waals surface area contributed by atoms with Crippen LogP contribution < -0.4 is 15.8 Å². The van der Waals surface area contributed by atoms with Crippen molar-refractivity contribution in [1.82, 2.24) is 9.97 Å². The van der Waals surface area contributed by atoms with Crippen molar-refractivity contribution in [2.24, 2.45) is 0 Å². The number of anilines is 2. The molecule has 0 saturated heterocycles. The van der Waals surface area contributed by atoms with Gasteiger partial charge in [0.15, 0.2) is 11.5 Å². The lowest BCUT2D eigenvalue weighted by Crippen LogP contribution is -2.17. The number of nitrogens with one attached hydrogen (secondary N) is 1. The number of hydrogen-bond donors (Lipinski definition) is 2. The van der Waals surface area contributed by atoms with Gasteiger partial charge in [-0.25, -0.2) is 9.97 Å². The Morgan fingerprint density at radius 3 is 2.44 bits per heavy atom. The molecule has 125 valence electrons. The van der Waals surface area contributed by atoms with E-state index in [4.69, 9.17) is 10.5 Å². The Bertz CT molecular complexity index is 890. The van der Waals surface area contributed by atoms with Crippen LogP contribution in [-0.4, -0.2) is 15.9 Å². The smallest absolute Gasteiger partial charge is 0.278 e. The van der Waals surface area contributed by atoms with Crippen LogP contribution in [0.25, 0.3) is 11.3 Å². The summed E-state index contributed by atoms with van der Waals surface area (Å²) in [5.74, 6) is 0.243. The number of aromatic nitrogens is 2. The van der Waals surface area contributed by atoms with Crippen LogP contribution in [0.5, 0.6) is 5.75 Å². The number of amides is 1. The van der Waals surface area contributed by atoms with Gasteiger partial charge >= 0.3 is 0 Å². The number of nitrogens with zero attached hydrogens (tertiary/aromatic N) is 2. The molecule has 0 aliphatic heterocycles. The second-order valence-corrected chi connectivity index (χ2v) is 5.48. The van der Waals surface area contributed by atoms with Gasteiger partial charge in [-0.15, -0.1) is 0 Å². The molecule has 0 unspecified atom stereocenters. The summed E-state index contributed by atoms with van der Waals surface area (Å²) < 4.78 is 4.85. The number of carbonyl (C=O) groups excluding carboxylic acids is 1. The number of nitrogen functional groups attached to an aromatic ring is 1. The molecule has 0 saturated carbocycles. The molecule has 1 aromatic heterocycles. The molecule has 0 aliphatic rings. The minimum atomic E-state index is -0.428. The van der Waals surface area contributed by atoms with Gasteiger partial charge in [0.1, 0.15) is 12.9 Å². The molecule has 0 bridgehead atoms. The highest BCUT2D eigenvalue weighted by atomic mass is 16.5. The van der Waals surface area contributed by atoms with Crippen molar-refractivity contribution in [2.75, 3.05) is 11.1 Å². The van der Waals surface area contributed by atoms with E-state index < -0.39 is 5.91 Å². The Kier molecular flexibility index (Phi) is 4.61. The molecule has 0 aliphatic carbocycles. The van der Waals surface area contributed by atoms with Gasteiger partial charge < -0.3 is 15.8 Å². The number of nitrogens with two attached hydrogens (primary N) is 1. The molecular weight excluding hydrogens is 316 g/mol. The summed E-state index contributed by atoms with van der Waals surface area (Å²) in [6, 6.07) is 14.6. The van der Waals surface area contributed by atoms with E-state index in [1.54, 1.807) is 30.5 Å². The van der Waals surface area contributed by atoms with Crippen LogP contribution in [0.3, 0.4) is 0 Å². The number of hydrogen-bond acceptors (Lipinski definition) is 5. The highest BCUT2D eigenvalue weighted by Gasteiger charge is 2.15. The molecule has 6 nitrogen and oxygen atoms in total. The maximum Gasteiger partial charge on any atom is 0.278 e. The third-order valence-electron chi connectivity index (χ3n) is 3.64. The lowest BCUT2D eigenvalue weighted by atomic mass is 10.1. The number of benzene rings is 2. The third-order valence-corrected chi connectivity index (χ3v) is 3.64. The van der Waals surface area contributed by atoms with Crippen molar-refractivity contribution in [3.05, 3.63) is 73.1 Å². The summed E-state index contributed by atoms with van der Waals surface area (Å²) in [4.78, 5) is 21.0. The summed E-state index contributed by atoms with van der Waals surface area (Å²) in [6.07, 6.45) is 1.55. The van der Waals surface area contributed by atoms with Crippen LogP contribution >= 0.6 is 0 Å². The molecule has 25 heavy (non-hydrogen) atoms. The van der Waals surface area contributed by atoms with E-state index in [0.717, 1.165) is 11.1 Å². The summed E-state index contributed by atoms with van der Waals surface area (Å²) in [5.41, 5.74) is 9.09. The Hall–Kier alpha value is -3.41. The maximum absolute atomic E-state index is 12.5. The fourth-order valence-electron chi connectivity index (χ4n) is 2.25. The second-order valence-electron chi connectivity index (χ2n) is 5.48. The number of rotatable bonds is 4. The van der Waals surface area contributed by atoms with E-state index >= 15 is 0 Å². The average molecular weight is 333 g/mol. The zero-order chi connectivity index (χ0) is 17.8. The van der Waals surface area contributed by atoms with Crippen LogP contribution in [0.1, 0.15) is 16.1 Å². The lowest BCUT2D eigenvalue weighted by Gasteiger charge is -2.09. The van der Waals surface area contributed by atoms with E-state index in [0.29, 0.717) is 17.1 Å². The van der Waals surface area contributed by atoms with E-state index in [1.165, 1.54) is 0 Å². The summed E-state index contributed by atoms with van der Waals surface area (Å²) in [5, 5.41) is 2.74. The molecule has 0 atom stereocenters.